The molecule has 0 radical (unpaired) electrons. The fourth-order valence-electron chi connectivity index (χ4n) is 2.69. The molecule has 0 saturated carbocycles. The number of aromatic nitrogens is 3. The molecule has 0 unspecified atom stereocenters. The Morgan fingerprint density at radius 2 is 2.12 bits per heavy atom. The highest BCUT2D eigenvalue weighted by Gasteiger charge is 2.15. The SMILES string of the molecule is CCNC(=NCc1ncc(CC)s1)N(C)Cc1cn(C)nc1C(C)C.I. The Morgan fingerprint density at radius 1 is 1.38 bits per heavy atom. The predicted octanol–water partition coefficient (Wildman–Crippen LogP) is 3.78. The van der Waals surface area contributed by atoms with E-state index in [4.69, 9.17) is 4.99 Å². The van der Waals surface area contributed by atoms with Gasteiger partial charge in [0, 0.05) is 50.0 Å². The summed E-state index contributed by atoms with van der Waals surface area (Å²) in [5, 5.41) is 9.03. The molecular weight excluding hydrogens is 459 g/mol. The summed E-state index contributed by atoms with van der Waals surface area (Å²) in [7, 11) is 4.04. The minimum Gasteiger partial charge on any atom is -0.357 e. The van der Waals surface area contributed by atoms with E-state index in [0.717, 1.165) is 36.2 Å². The summed E-state index contributed by atoms with van der Waals surface area (Å²) in [6.07, 6.45) is 5.08. The summed E-state index contributed by atoms with van der Waals surface area (Å²) in [4.78, 5) is 12.7. The van der Waals surface area contributed by atoms with E-state index in [9.17, 15) is 0 Å². The number of rotatable bonds is 7. The molecule has 6 nitrogen and oxygen atoms in total. The van der Waals surface area contributed by atoms with Crippen LogP contribution in [-0.4, -0.2) is 39.2 Å². The molecule has 0 spiro atoms. The van der Waals surface area contributed by atoms with Crippen LogP contribution in [0.2, 0.25) is 0 Å². The van der Waals surface area contributed by atoms with E-state index in [2.05, 4.69) is 61.2 Å². The molecule has 0 aliphatic carbocycles. The maximum Gasteiger partial charge on any atom is 0.194 e. The molecule has 0 aliphatic rings. The van der Waals surface area contributed by atoms with Gasteiger partial charge in [-0.1, -0.05) is 20.8 Å². The third kappa shape index (κ3) is 6.22. The minimum absolute atomic E-state index is 0. The number of nitrogens with zero attached hydrogens (tertiary/aromatic N) is 5. The summed E-state index contributed by atoms with van der Waals surface area (Å²) >= 11 is 1.74. The van der Waals surface area contributed by atoms with Crippen LogP contribution in [0.5, 0.6) is 0 Å². The largest absolute Gasteiger partial charge is 0.357 e. The molecule has 0 fully saturated rings. The lowest BCUT2D eigenvalue weighted by Crippen LogP contribution is -2.38. The second-order valence-electron chi connectivity index (χ2n) is 6.47. The average molecular weight is 490 g/mol. The lowest BCUT2D eigenvalue weighted by Gasteiger charge is -2.22. The molecule has 0 saturated heterocycles. The van der Waals surface area contributed by atoms with Crippen molar-refractivity contribution in [2.45, 2.75) is 53.1 Å². The van der Waals surface area contributed by atoms with Gasteiger partial charge in [-0.2, -0.15) is 5.10 Å². The Morgan fingerprint density at radius 3 is 2.69 bits per heavy atom. The van der Waals surface area contributed by atoms with Crippen LogP contribution in [0, 0.1) is 0 Å². The highest BCUT2D eigenvalue weighted by Crippen LogP contribution is 2.19. The highest BCUT2D eigenvalue weighted by atomic mass is 127. The second kappa shape index (κ2) is 10.9. The molecule has 8 heteroatoms. The van der Waals surface area contributed by atoms with Gasteiger partial charge in [0.05, 0.1) is 12.2 Å². The first-order chi connectivity index (χ1) is 11.9. The molecular formula is C18H31IN6S. The lowest BCUT2D eigenvalue weighted by atomic mass is 10.1. The van der Waals surface area contributed by atoms with Gasteiger partial charge in [-0.3, -0.25) is 4.68 Å². The number of hydrogen-bond donors (Lipinski definition) is 1. The summed E-state index contributed by atoms with van der Waals surface area (Å²) < 4.78 is 1.89. The molecule has 1 N–H and O–H groups in total. The average Bonchev–Trinajstić information content (AvgIpc) is 3.17. The maximum absolute atomic E-state index is 4.76. The van der Waals surface area contributed by atoms with Gasteiger partial charge in [-0.25, -0.2) is 9.98 Å². The van der Waals surface area contributed by atoms with Crippen LogP contribution in [0.3, 0.4) is 0 Å². The Kier molecular flexibility index (Phi) is 9.56. The zero-order valence-corrected chi connectivity index (χ0v) is 19.8. The van der Waals surface area contributed by atoms with Crippen LogP contribution in [-0.2, 0) is 26.6 Å². The van der Waals surface area contributed by atoms with Gasteiger partial charge in [0.1, 0.15) is 5.01 Å². The number of nitrogens with one attached hydrogen (secondary N) is 1. The monoisotopic (exact) mass is 490 g/mol. The van der Waals surface area contributed by atoms with Crippen molar-refractivity contribution in [1.29, 1.82) is 0 Å². The summed E-state index contributed by atoms with van der Waals surface area (Å²) in [5.74, 6) is 1.31. The number of halogens is 1. The van der Waals surface area contributed by atoms with Crippen LogP contribution in [0.4, 0.5) is 0 Å². The van der Waals surface area contributed by atoms with Gasteiger partial charge in [-0.05, 0) is 19.3 Å². The molecule has 0 atom stereocenters. The fourth-order valence-corrected chi connectivity index (χ4v) is 3.48. The molecule has 0 bridgehead atoms. The van der Waals surface area contributed by atoms with E-state index < -0.39 is 0 Å². The zero-order valence-electron chi connectivity index (χ0n) is 16.6. The Balaban J connectivity index is 0.00000338. The first kappa shape index (κ1) is 22.9. The molecule has 0 amide bonds. The number of hydrogen-bond acceptors (Lipinski definition) is 4. The first-order valence-corrected chi connectivity index (χ1v) is 9.71. The number of aliphatic imine (C=N–C) groups is 1. The zero-order chi connectivity index (χ0) is 18.4. The summed E-state index contributed by atoms with van der Waals surface area (Å²) in [6.45, 7) is 10.8. The highest BCUT2D eigenvalue weighted by molar-refractivity contribution is 14.0. The van der Waals surface area contributed by atoms with Crippen LogP contribution in [0.25, 0.3) is 0 Å². The van der Waals surface area contributed by atoms with Crippen molar-refractivity contribution in [2.75, 3.05) is 13.6 Å². The maximum atomic E-state index is 4.76. The smallest absolute Gasteiger partial charge is 0.194 e. The minimum atomic E-state index is 0. The van der Waals surface area contributed by atoms with Crippen LogP contribution < -0.4 is 5.32 Å². The fraction of sp³-hybridized carbons (Fsp3) is 0.611. The van der Waals surface area contributed by atoms with Crippen molar-refractivity contribution in [3.05, 3.63) is 33.5 Å². The normalized spacial score (nSPS) is 11.6. The van der Waals surface area contributed by atoms with E-state index >= 15 is 0 Å². The lowest BCUT2D eigenvalue weighted by molar-refractivity contribution is 0.473. The molecule has 2 aromatic heterocycles. The number of guanidine groups is 1. The van der Waals surface area contributed by atoms with Gasteiger partial charge < -0.3 is 10.2 Å². The van der Waals surface area contributed by atoms with Crippen LogP contribution in [0.1, 0.15) is 54.8 Å². The van der Waals surface area contributed by atoms with Crippen molar-refractivity contribution in [2.24, 2.45) is 12.0 Å². The molecule has 2 heterocycles. The van der Waals surface area contributed by atoms with E-state index in [-0.39, 0.29) is 24.0 Å². The number of aryl methyl sites for hydroxylation is 2. The second-order valence-corrected chi connectivity index (χ2v) is 7.67. The van der Waals surface area contributed by atoms with E-state index in [1.54, 1.807) is 11.3 Å². The van der Waals surface area contributed by atoms with Crippen molar-refractivity contribution in [3.8, 4) is 0 Å². The topological polar surface area (TPSA) is 58.3 Å². The molecule has 146 valence electrons. The van der Waals surface area contributed by atoms with Crippen LogP contribution in [0.15, 0.2) is 17.4 Å². The summed E-state index contributed by atoms with van der Waals surface area (Å²) in [5.41, 5.74) is 2.39. The Bertz CT molecular complexity index is 706. The van der Waals surface area contributed by atoms with Crippen molar-refractivity contribution < 1.29 is 0 Å². The van der Waals surface area contributed by atoms with Crippen molar-refractivity contribution in [3.63, 3.8) is 0 Å². The third-order valence-corrected chi connectivity index (χ3v) is 5.03. The molecule has 0 aliphatic heterocycles. The van der Waals surface area contributed by atoms with E-state index in [1.807, 2.05) is 17.9 Å². The van der Waals surface area contributed by atoms with Crippen LogP contribution >= 0.6 is 35.3 Å². The van der Waals surface area contributed by atoms with Gasteiger partial charge in [0.25, 0.3) is 0 Å². The Hall–Kier alpha value is -1.16. The molecule has 26 heavy (non-hydrogen) atoms. The third-order valence-electron chi connectivity index (χ3n) is 3.90. The standard InChI is InChI=1S/C18H30N6S.HI/c1-7-15-9-20-16(25-15)10-21-18(19-8-2)23(5)11-14-12-24(6)22-17(14)13(3)4;/h9,12-13H,7-8,10-11H2,1-6H3,(H,19,21);1H. The molecule has 2 aromatic rings. The Labute approximate surface area is 178 Å². The van der Waals surface area contributed by atoms with Crippen molar-refractivity contribution >= 4 is 41.3 Å². The quantitative estimate of drug-likeness (QED) is 0.365. The van der Waals surface area contributed by atoms with Gasteiger partial charge >= 0.3 is 0 Å². The summed E-state index contributed by atoms with van der Waals surface area (Å²) in [6, 6.07) is 0. The van der Waals surface area contributed by atoms with E-state index in [0.29, 0.717) is 12.5 Å². The van der Waals surface area contributed by atoms with Gasteiger partial charge in [0.2, 0.25) is 0 Å². The molecule has 2 rings (SSSR count). The molecule has 0 aromatic carbocycles. The van der Waals surface area contributed by atoms with Crippen molar-refractivity contribution in [1.82, 2.24) is 25.0 Å². The number of thiazole rings is 1. The first-order valence-electron chi connectivity index (χ1n) is 8.90. The van der Waals surface area contributed by atoms with Gasteiger partial charge in [0.15, 0.2) is 5.96 Å². The van der Waals surface area contributed by atoms with E-state index in [1.165, 1.54) is 10.4 Å². The predicted molar refractivity (Wildman–Crippen MR) is 120 cm³/mol. The van der Waals surface area contributed by atoms with Gasteiger partial charge in [-0.15, -0.1) is 35.3 Å².